The van der Waals surface area contributed by atoms with E-state index < -0.39 is 10.4 Å². The molecule has 0 radical (unpaired) electrons. The minimum absolute atomic E-state index is 0.115. The predicted molar refractivity (Wildman–Crippen MR) is 70.7 cm³/mol. The predicted octanol–water partition coefficient (Wildman–Crippen LogP) is 1.97. The Kier molecular flexibility index (Phi) is 3.56. The van der Waals surface area contributed by atoms with Crippen molar-refractivity contribution in [2.75, 3.05) is 19.0 Å². The molecule has 18 heavy (non-hydrogen) atoms. The molecular weight excluding hydrogens is 300 g/mol. The molecule has 2 N–H and O–H groups in total. The van der Waals surface area contributed by atoms with Crippen molar-refractivity contribution < 1.29 is 14.3 Å². The highest BCUT2D eigenvalue weighted by molar-refractivity contribution is 9.10. The summed E-state index contributed by atoms with van der Waals surface area (Å²) in [6, 6.07) is 7.48. The van der Waals surface area contributed by atoms with Crippen LogP contribution in [0.2, 0.25) is 0 Å². The van der Waals surface area contributed by atoms with Crippen molar-refractivity contribution in [3.05, 3.63) is 29.8 Å². The minimum Gasteiger partial charge on any atom is -0.453 e. The molecule has 1 aliphatic rings. The van der Waals surface area contributed by atoms with Gasteiger partial charge in [-0.3, -0.25) is 4.79 Å². The number of carbonyl (C=O) groups is 2. The Morgan fingerprint density at radius 3 is 2.94 bits per heavy atom. The number of amides is 2. The average Bonchev–Trinajstić information content (AvgIpc) is 2.62. The molecule has 0 aliphatic carbocycles. The van der Waals surface area contributed by atoms with E-state index in [-0.39, 0.29) is 5.91 Å². The fraction of sp³-hybridized carbons (Fsp3) is 0.333. The second kappa shape index (κ2) is 4.97. The molecule has 1 atom stereocenters. The van der Waals surface area contributed by atoms with E-state index in [1.807, 2.05) is 24.3 Å². The molecule has 1 heterocycles. The van der Waals surface area contributed by atoms with E-state index in [4.69, 9.17) is 0 Å². The molecule has 0 saturated heterocycles. The quantitative estimate of drug-likeness (QED) is 0.839. The lowest BCUT2D eigenvalue weighted by molar-refractivity contribution is -0.118. The molecule has 0 saturated carbocycles. The van der Waals surface area contributed by atoms with Crippen LogP contribution >= 0.6 is 15.9 Å². The Morgan fingerprint density at radius 2 is 2.22 bits per heavy atom. The number of nitrogens with one attached hydrogen (secondary N) is 2. The maximum atomic E-state index is 12.0. The summed E-state index contributed by atoms with van der Waals surface area (Å²) in [5, 5.41) is 5.37. The van der Waals surface area contributed by atoms with E-state index in [1.54, 1.807) is 0 Å². The van der Waals surface area contributed by atoms with Crippen molar-refractivity contribution in [1.29, 1.82) is 0 Å². The summed E-state index contributed by atoms with van der Waals surface area (Å²) >= 11 is 3.48. The van der Waals surface area contributed by atoms with E-state index >= 15 is 0 Å². The molecule has 1 aliphatic heterocycles. The van der Waals surface area contributed by atoms with Crippen molar-refractivity contribution >= 4 is 33.6 Å². The van der Waals surface area contributed by atoms with Crippen LogP contribution in [0.1, 0.15) is 12.0 Å². The molecule has 0 fully saturated rings. The average molecular weight is 313 g/mol. The Morgan fingerprint density at radius 1 is 1.50 bits per heavy atom. The van der Waals surface area contributed by atoms with Gasteiger partial charge >= 0.3 is 6.09 Å². The number of hydrogen-bond donors (Lipinski definition) is 2. The molecule has 0 spiro atoms. The van der Waals surface area contributed by atoms with Crippen LogP contribution in [0.3, 0.4) is 0 Å². The third-order valence-electron chi connectivity index (χ3n) is 2.89. The molecule has 5 nitrogen and oxygen atoms in total. The van der Waals surface area contributed by atoms with Crippen LogP contribution in [0.5, 0.6) is 0 Å². The first-order chi connectivity index (χ1) is 8.58. The molecule has 0 bridgehead atoms. The molecule has 1 aromatic carbocycles. The lowest BCUT2D eigenvalue weighted by Crippen LogP contribution is -2.34. The number of fused-ring (bicyclic) bond motifs is 1. The van der Waals surface area contributed by atoms with Gasteiger partial charge in [0, 0.05) is 17.8 Å². The molecule has 6 heteroatoms. The van der Waals surface area contributed by atoms with Crippen molar-refractivity contribution in [1.82, 2.24) is 5.32 Å². The van der Waals surface area contributed by atoms with Crippen LogP contribution in [0.15, 0.2) is 24.3 Å². The summed E-state index contributed by atoms with van der Waals surface area (Å²) in [4.78, 5) is 23.0. The Labute approximate surface area is 113 Å². The van der Waals surface area contributed by atoms with E-state index in [2.05, 4.69) is 31.3 Å². The van der Waals surface area contributed by atoms with Gasteiger partial charge < -0.3 is 15.4 Å². The number of para-hydroxylation sites is 1. The van der Waals surface area contributed by atoms with Crippen LogP contribution in [-0.4, -0.2) is 25.7 Å². The number of benzene rings is 1. The number of anilines is 1. The number of hydrogen-bond acceptors (Lipinski definition) is 3. The number of halogens is 1. The number of methoxy groups -OCH3 is 1. The smallest absolute Gasteiger partial charge is 0.406 e. The van der Waals surface area contributed by atoms with Crippen molar-refractivity contribution in [2.45, 2.75) is 10.7 Å². The van der Waals surface area contributed by atoms with E-state index in [0.717, 1.165) is 11.3 Å². The van der Waals surface area contributed by atoms with E-state index in [0.29, 0.717) is 13.0 Å². The van der Waals surface area contributed by atoms with Gasteiger partial charge in [-0.25, -0.2) is 4.79 Å². The fourth-order valence-electron chi connectivity index (χ4n) is 1.94. The summed E-state index contributed by atoms with van der Waals surface area (Å²) in [6.07, 6.45) is -0.0527. The molecule has 1 aromatic rings. The third kappa shape index (κ3) is 2.20. The number of rotatable bonds is 3. The lowest BCUT2D eigenvalue weighted by atomic mass is 9.97. The Bertz CT molecular complexity index is 492. The standard InChI is InChI=1S/C12H13BrN2O3/c1-18-11(17)14-7-6-12(13)8-4-2-3-5-9(8)15-10(12)16/h2-5H,6-7H2,1H3,(H,14,17)(H,15,16). The molecule has 2 rings (SSSR count). The summed E-state index contributed by atoms with van der Waals surface area (Å²) < 4.78 is 3.69. The number of ether oxygens (including phenoxy) is 1. The van der Waals surface area contributed by atoms with Gasteiger partial charge in [-0.15, -0.1) is 0 Å². The minimum atomic E-state index is -0.787. The zero-order chi connectivity index (χ0) is 13.2. The van der Waals surface area contributed by atoms with Gasteiger partial charge in [-0.05, 0) is 12.5 Å². The molecule has 2 amide bonds. The van der Waals surface area contributed by atoms with Crippen molar-refractivity contribution in [3.63, 3.8) is 0 Å². The van der Waals surface area contributed by atoms with Gasteiger partial charge in [0.2, 0.25) is 5.91 Å². The summed E-state index contributed by atoms with van der Waals surface area (Å²) in [5.74, 6) is -0.115. The second-order valence-corrected chi connectivity index (χ2v) is 5.32. The highest BCUT2D eigenvalue weighted by Crippen LogP contribution is 2.44. The number of alkyl halides is 1. The normalized spacial score (nSPS) is 21.1. The highest BCUT2D eigenvalue weighted by Gasteiger charge is 2.44. The van der Waals surface area contributed by atoms with Gasteiger partial charge in [0.05, 0.1) is 7.11 Å². The van der Waals surface area contributed by atoms with Crippen LogP contribution in [0.25, 0.3) is 0 Å². The van der Waals surface area contributed by atoms with Crippen LogP contribution in [0, 0.1) is 0 Å². The topological polar surface area (TPSA) is 67.4 Å². The second-order valence-electron chi connectivity index (χ2n) is 3.97. The van der Waals surface area contributed by atoms with E-state index in [9.17, 15) is 9.59 Å². The van der Waals surface area contributed by atoms with Crippen LogP contribution in [0.4, 0.5) is 10.5 Å². The van der Waals surface area contributed by atoms with Gasteiger partial charge in [0.25, 0.3) is 0 Å². The maximum absolute atomic E-state index is 12.0. The summed E-state index contributed by atoms with van der Waals surface area (Å²) in [6.45, 7) is 0.347. The van der Waals surface area contributed by atoms with E-state index in [1.165, 1.54) is 7.11 Å². The van der Waals surface area contributed by atoms with Gasteiger partial charge in [0.1, 0.15) is 4.32 Å². The third-order valence-corrected chi connectivity index (χ3v) is 4.07. The zero-order valence-corrected chi connectivity index (χ0v) is 11.4. The fourth-order valence-corrected chi connectivity index (χ4v) is 2.58. The SMILES string of the molecule is COC(=O)NCCC1(Br)C(=O)Nc2ccccc21. The van der Waals surface area contributed by atoms with Gasteiger partial charge in [-0.1, -0.05) is 34.1 Å². The van der Waals surface area contributed by atoms with Crippen molar-refractivity contribution in [2.24, 2.45) is 0 Å². The molecule has 1 unspecified atom stereocenters. The maximum Gasteiger partial charge on any atom is 0.406 e. The number of carbonyl (C=O) groups excluding carboxylic acids is 2. The zero-order valence-electron chi connectivity index (χ0n) is 9.83. The molecule has 0 aromatic heterocycles. The Hall–Kier alpha value is -1.56. The molecular formula is C12H13BrN2O3. The van der Waals surface area contributed by atoms with Crippen molar-refractivity contribution in [3.8, 4) is 0 Å². The summed E-state index contributed by atoms with van der Waals surface area (Å²) in [7, 11) is 1.30. The lowest BCUT2D eigenvalue weighted by Gasteiger charge is -2.19. The van der Waals surface area contributed by atoms with Crippen LogP contribution in [-0.2, 0) is 13.9 Å². The molecule has 96 valence electrons. The summed E-state index contributed by atoms with van der Waals surface area (Å²) in [5.41, 5.74) is 1.69. The van der Waals surface area contributed by atoms with Gasteiger partial charge in [-0.2, -0.15) is 0 Å². The largest absolute Gasteiger partial charge is 0.453 e. The number of alkyl carbamates (subject to hydrolysis) is 1. The Balaban J connectivity index is 2.11. The highest BCUT2D eigenvalue weighted by atomic mass is 79.9. The first-order valence-electron chi connectivity index (χ1n) is 5.49. The monoisotopic (exact) mass is 312 g/mol. The van der Waals surface area contributed by atoms with Gasteiger partial charge in [0.15, 0.2) is 0 Å². The first kappa shape index (κ1) is 12.9. The van der Waals surface area contributed by atoms with Crippen LogP contribution < -0.4 is 10.6 Å². The first-order valence-corrected chi connectivity index (χ1v) is 6.29.